The summed E-state index contributed by atoms with van der Waals surface area (Å²) in [5.41, 5.74) is 17.2. The van der Waals surface area contributed by atoms with E-state index in [2.05, 4.69) is 275 Å². The van der Waals surface area contributed by atoms with Crippen molar-refractivity contribution in [2.45, 2.75) is 224 Å². The van der Waals surface area contributed by atoms with Gasteiger partial charge in [-0.3, -0.25) is 10.1 Å². The number of aliphatic hydroxyl groups is 1. The first kappa shape index (κ1) is 91.6. The number of aryl methyl sites for hydroxylation is 6. The van der Waals surface area contributed by atoms with E-state index in [1.807, 2.05) is 41.5 Å². The van der Waals surface area contributed by atoms with Crippen LogP contribution in [-0.2, 0) is 0 Å². The molecule has 0 saturated carbocycles. The van der Waals surface area contributed by atoms with E-state index in [1.165, 1.54) is 73.8 Å². The summed E-state index contributed by atoms with van der Waals surface area (Å²) in [5.74, 6) is 3.92. The fraction of sp³-hybridized carbons (Fsp3) is 0.493. The summed E-state index contributed by atoms with van der Waals surface area (Å²) in [7, 11) is 3.31. The van der Waals surface area contributed by atoms with Crippen molar-refractivity contribution < 1.29 is 10.0 Å². The fourth-order valence-corrected chi connectivity index (χ4v) is 7.41. The van der Waals surface area contributed by atoms with Gasteiger partial charge in [0, 0.05) is 12.0 Å². The van der Waals surface area contributed by atoms with E-state index in [1.54, 1.807) is 0 Å². The fourth-order valence-electron chi connectivity index (χ4n) is 7.41. The minimum Gasteiger partial charge on any atom is -0.400 e. The molecule has 0 aliphatic carbocycles. The molecule has 0 unspecified atom stereocenters. The third kappa shape index (κ3) is 47.4. The Morgan fingerprint density at radius 3 is 0.474 bits per heavy atom. The molecule has 6 rings (SSSR count). The summed E-state index contributed by atoms with van der Waals surface area (Å²) in [4.78, 5) is 11.1. The number of benzene rings is 6. The van der Waals surface area contributed by atoms with Gasteiger partial charge in [-0.05, 0) is 144 Å². The maximum atomic E-state index is 8.81. The summed E-state index contributed by atoms with van der Waals surface area (Å²) in [6.45, 7) is 57.5. The van der Waals surface area contributed by atoms with Crippen molar-refractivity contribution in [3.05, 3.63) is 234 Å². The van der Waals surface area contributed by atoms with Crippen molar-refractivity contribution in [1.29, 1.82) is 0 Å². The monoisotopic (exact) mass is 1080 g/mol. The van der Waals surface area contributed by atoms with Gasteiger partial charge in [0.15, 0.2) is 7.05 Å². The minimum absolute atomic E-state index is 0. The second kappa shape index (κ2) is 60.4. The van der Waals surface area contributed by atoms with Gasteiger partial charge in [-0.15, -0.1) is 0 Å². The van der Waals surface area contributed by atoms with Gasteiger partial charge in [-0.1, -0.05) is 293 Å². The lowest BCUT2D eigenvalue weighted by atomic mass is 9.99. The molecule has 444 valence electrons. The van der Waals surface area contributed by atoms with Crippen LogP contribution in [0.4, 0.5) is 0 Å². The molecule has 0 bridgehead atoms. The van der Waals surface area contributed by atoms with Crippen LogP contribution in [0.15, 0.2) is 146 Å². The highest BCUT2D eigenvalue weighted by Crippen LogP contribution is 2.21. The Balaban J connectivity index is -0.0000000988. The smallest absolute Gasteiger partial charge is 0.205 e. The summed E-state index contributed by atoms with van der Waals surface area (Å²) in [5, 5.41) is 15.8. The Labute approximate surface area is 486 Å². The highest BCUT2D eigenvalue weighted by molar-refractivity contribution is 5.31. The SMILES string of the molecule is C.C.C.CC.CC.CC.CO.C[N+](=O)[O-].Cc1ccccc1C(C)C.Cc1ccccc1C(C)C.Cc1ccccc1C(C)C.Cc1ccccc1C(C)C.Cc1ccccc1C(C)C.Cc1ccccc1C(C)C.[C-]#[N+]C. The number of hydrogen-bond acceptors (Lipinski definition) is 3. The second-order valence-electron chi connectivity index (χ2n) is 18.7. The van der Waals surface area contributed by atoms with Gasteiger partial charge < -0.3 is 9.95 Å². The van der Waals surface area contributed by atoms with E-state index in [9.17, 15) is 0 Å². The Morgan fingerprint density at radius 2 is 0.423 bits per heavy atom. The van der Waals surface area contributed by atoms with Crippen molar-refractivity contribution in [2.24, 2.45) is 0 Å². The molecule has 0 spiro atoms. The van der Waals surface area contributed by atoms with E-state index in [-0.39, 0.29) is 22.3 Å². The maximum absolute atomic E-state index is 8.81. The van der Waals surface area contributed by atoms with Crippen LogP contribution in [0.1, 0.15) is 249 Å². The molecule has 0 heterocycles. The predicted octanol–water partition coefficient (Wildman–Crippen LogP) is 23.7. The Bertz CT molecular complexity index is 1870. The molecule has 0 amide bonds. The molecule has 1 N–H and O–H groups in total. The second-order valence-corrected chi connectivity index (χ2v) is 18.7. The molecule has 78 heavy (non-hydrogen) atoms. The topological polar surface area (TPSA) is 67.7 Å². The molecule has 5 nitrogen and oxygen atoms in total. The highest BCUT2D eigenvalue weighted by Gasteiger charge is 2.03. The highest BCUT2D eigenvalue weighted by atomic mass is 16.6. The Hall–Kier alpha value is -5.83. The van der Waals surface area contributed by atoms with Crippen molar-refractivity contribution in [1.82, 2.24) is 0 Å². The van der Waals surface area contributed by atoms with Gasteiger partial charge in [0.05, 0.1) is 0 Å². The average molecular weight is 1080 g/mol. The van der Waals surface area contributed by atoms with Gasteiger partial charge in [0.1, 0.15) is 0 Å². The maximum Gasteiger partial charge on any atom is 0.205 e. The van der Waals surface area contributed by atoms with Gasteiger partial charge in [-0.2, -0.15) is 0 Å². The first-order valence-corrected chi connectivity index (χ1v) is 27.6. The lowest BCUT2D eigenvalue weighted by Crippen LogP contribution is -1.89. The summed E-state index contributed by atoms with van der Waals surface area (Å²) >= 11 is 0. The number of hydrogen-bond donors (Lipinski definition) is 1. The minimum atomic E-state index is -0.500. The van der Waals surface area contributed by atoms with Crippen molar-refractivity contribution in [2.75, 3.05) is 21.2 Å². The van der Waals surface area contributed by atoms with Crippen molar-refractivity contribution >= 4 is 0 Å². The zero-order valence-corrected chi connectivity index (χ0v) is 53.0. The van der Waals surface area contributed by atoms with Gasteiger partial charge in [0.2, 0.25) is 7.05 Å². The zero-order valence-electron chi connectivity index (χ0n) is 53.0. The first-order valence-electron chi connectivity index (χ1n) is 27.6. The molecule has 0 aliphatic rings. The van der Waals surface area contributed by atoms with Crippen LogP contribution in [0.3, 0.4) is 0 Å². The van der Waals surface area contributed by atoms with Gasteiger partial charge in [-0.25, -0.2) is 6.57 Å². The molecule has 0 aliphatic heterocycles. The molecule has 0 atom stereocenters. The van der Waals surface area contributed by atoms with Crippen LogP contribution in [0, 0.1) is 58.2 Å². The molecule has 6 aromatic carbocycles. The third-order valence-corrected chi connectivity index (χ3v) is 10.9. The molecule has 0 radical (unpaired) electrons. The van der Waals surface area contributed by atoms with E-state index >= 15 is 0 Å². The van der Waals surface area contributed by atoms with Crippen molar-refractivity contribution in [3.63, 3.8) is 0 Å². The van der Waals surface area contributed by atoms with Crippen LogP contribution in [0.5, 0.6) is 0 Å². The van der Waals surface area contributed by atoms with Crippen LogP contribution >= 0.6 is 0 Å². The number of nitro groups is 1. The number of nitrogens with zero attached hydrogens (tertiary/aromatic N) is 2. The normalized spacial score (nSPS) is 8.73. The largest absolute Gasteiger partial charge is 0.400 e. The zero-order chi connectivity index (χ0) is 59.6. The Kier molecular flexibility index (Phi) is 70.9. The molecule has 0 aromatic heterocycles. The van der Waals surface area contributed by atoms with E-state index in [0.717, 1.165) is 14.2 Å². The molecule has 0 saturated heterocycles. The van der Waals surface area contributed by atoms with Crippen LogP contribution in [0.25, 0.3) is 4.85 Å². The summed E-state index contributed by atoms with van der Waals surface area (Å²) in [6, 6.07) is 51.2. The Morgan fingerprint density at radius 1 is 0.346 bits per heavy atom. The first-order chi connectivity index (χ1) is 35.4. The third-order valence-electron chi connectivity index (χ3n) is 10.9. The summed E-state index contributed by atoms with van der Waals surface area (Å²) in [6.07, 6.45) is 0. The number of rotatable bonds is 6. The van der Waals surface area contributed by atoms with Crippen LogP contribution < -0.4 is 0 Å². The van der Waals surface area contributed by atoms with Gasteiger partial charge >= 0.3 is 0 Å². The molecule has 6 aromatic rings. The average Bonchev–Trinajstić information content (AvgIpc) is 3.38. The van der Waals surface area contributed by atoms with Crippen molar-refractivity contribution in [3.8, 4) is 0 Å². The molecular formula is C73H124N2O3. The summed E-state index contributed by atoms with van der Waals surface area (Å²) < 4.78 is 0. The van der Waals surface area contributed by atoms with Crippen LogP contribution in [-0.4, -0.2) is 31.2 Å². The standard InChI is InChI=1S/6C10H14.C2H3N.3C2H6.CH3NO2.CH4O.3CH4/c6*1-8(2)10-7-5-4-6-9(10)3;1-3-2;3*1-2;1-2(3)4;1-2;;;/h6*4-8H,1-3H3;1H3;3*1-2H3;1H3;2H,1H3;3*1H4. The quantitative estimate of drug-likeness (QED) is 0.103. The molecule has 5 heteroatoms. The van der Waals surface area contributed by atoms with E-state index < -0.39 is 4.92 Å². The molecular weight excluding hydrogens is 953 g/mol. The van der Waals surface area contributed by atoms with Crippen LogP contribution in [0.2, 0.25) is 0 Å². The molecule has 0 fully saturated rings. The van der Waals surface area contributed by atoms with E-state index in [4.69, 9.17) is 21.8 Å². The van der Waals surface area contributed by atoms with Gasteiger partial charge in [0.25, 0.3) is 0 Å². The lowest BCUT2D eigenvalue weighted by Gasteiger charge is -2.07. The predicted molar refractivity (Wildman–Crippen MR) is 359 cm³/mol. The number of aliphatic hydroxyl groups excluding tert-OH is 1. The van der Waals surface area contributed by atoms with E-state index in [0.29, 0.717) is 35.5 Å². The lowest BCUT2D eigenvalue weighted by molar-refractivity contribution is -0.445.